The SMILES string of the molecule is COCCCOc1nc(C(=O)O)cc2cc(C#CC34CCC(OCc5c(-c6c(Cl)cncc6Cl)noc5C5CC5)(CC3)CC4)ccc12. The summed E-state index contributed by atoms with van der Waals surface area (Å²) >= 11 is 13.0. The van der Waals surface area contributed by atoms with Gasteiger partial charge in [-0.2, -0.15) is 0 Å². The Balaban J connectivity index is 1.06. The van der Waals surface area contributed by atoms with Gasteiger partial charge in [-0.15, -0.1) is 0 Å². The number of aromatic nitrogens is 3. The van der Waals surface area contributed by atoms with Gasteiger partial charge < -0.3 is 23.8 Å². The standard InChI is InChI=1S/C36H35Cl2N3O6/c1-44-15-2-16-45-33-25-6-3-22(17-24(25)18-29(40-33)34(42)43)7-8-35-9-12-36(13-10-35,14-11-35)46-21-26-31(41-47-32(26)23-4-5-23)30-27(37)19-39-20-28(30)38/h3,6,17-20,23H,2,4-5,9-16,21H2,1H3,(H,42,43). The molecule has 1 aromatic carbocycles. The maximum Gasteiger partial charge on any atom is 0.354 e. The van der Waals surface area contributed by atoms with E-state index in [0.29, 0.717) is 59.3 Å². The Bertz CT molecular complexity index is 1850. The van der Waals surface area contributed by atoms with E-state index in [0.717, 1.165) is 79.0 Å². The average molecular weight is 677 g/mol. The molecule has 0 radical (unpaired) electrons. The van der Waals surface area contributed by atoms with E-state index in [1.165, 1.54) is 0 Å². The summed E-state index contributed by atoms with van der Waals surface area (Å²) < 4.78 is 23.5. The number of methoxy groups -OCH3 is 1. The Hall–Kier alpha value is -3.68. The van der Waals surface area contributed by atoms with Crippen molar-refractivity contribution in [2.75, 3.05) is 20.3 Å². The monoisotopic (exact) mass is 675 g/mol. The number of pyridine rings is 2. The lowest BCUT2D eigenvalue weighted by Gasteiger charge is -2.51. The van der Waals surface area contributed by atoms with E-state index in [-0.39, 0.29) is 16.7 Å². The molecule has 47 heavy (non-hydrogen) atoms. The van der Waals surface area contributed by atoms with E-state index in [1.807, 2.05) is 18.2 Å². The van der Waals surface area contributed by atoms with Gasteiger partial charge in [0.15, 0.2) is 5.69 Å². The second kappa shape index (κ2) is 13.1. The number of hydrogen-bond donors (Lipinski definition) is 1. The van der Waals surface area contributed by atoms with Crippen molar-refractivity contribution in [3.05, 3.63) is 69.3 Å². The Kier molecular flexibility index (Phi) is 8.88. The van der Waals surface area contributed by atoms with Gasteiger partial charge in [0.25, 0.3) is 0 Å². The van der Waals surface area contributed by atoms with Crippen molar-refractivity contribution in [1.82, 2.24) is 15.1 Å². The van der Waals surface area contributed by atoms with E-state index in [1.54, 1.807) is 25.6 Å². The summed E-state index contributed by atoms with van der Waals surface area (Å²) in [6, 6.07) is 7.35. The van der Waals surface area contributed by atoms with Gasteiger partial charge >= 0.3 is 5.97 Å². The first-order valence-corrected chi connectivity index (χ1v) is 16.8. The van der Waals surface area contributed by atoms with Crippen LogP contribution in [0.25, 0.3) is 22.0 Å². The number of carboxylic acid groups (broad SMARTS) is 1. The van der Waals surface area contributed by atoms with Crippen molar-refractivity contribution in [2.45, 2.75) is 75.9 Å². The second-order valence-corrected chi connectivity index (χ2v) is 13.7. The second-order valence-electron chi connectivity index (χ2n) is 12.9. The lowest BCUT2D eigenvalue weighted by atomic mass is 9.59. The highest BCUT2D eigenvalue weighted by Gasteiger charge is 2.49. The zero-order valence-corrected chi connectivity index (χ0v) is 27.6. The Morgan fingerprint density at radius 2 is 1.81 bits per heavy atom. The van der Waals surface area contributed by atoms with Gasteiger partial charge in [0, 0.05) is 65.9 Å². The fourth-order valence-corrected chi connectivity index (χ4v) is 7.39. The molecule has 0 atom stereocenters. The van der Waals surface area contributed by atoms with Gasteiger partial charge in [-0.05, 0) is 81.0 Å². The van der Waals surface area contributed by atoms with Gasteiger partial charge in [0.05, 0.1) is 28.9 Å². The third kappa shape index (κ3) is 6.57. The Labute approximate surface area is 282 Å². The molecule has 4 aliphatic rings. The lowest BCUT2D eigenvalue weighted by molar-refractivity contribution is -0.131. The predicted molar refractivity (Wildman–Crippen MR) is 177 cm³/mol. The number of fused-ring (bicyclic) bond motifs is 4. The zero-order valence-electron chi connectivity index (χ0n) is 26.1. The van der Waals surface area contributed by atoms with Crippen LogP contribution in [-0.2, 0) is 16.1 Å². The third-order valence-electron chi connectivity index (χ3n) is 9.78. The molecular weight excluding hydrogens is 641 g/mol. The van der Waals surface area contributed by atoms with Crippen LogP contribution in [0.4, 0.5) is 0 Å². The first-order valence-electron chi connectivity index (χ1n) is 16.0. The number of halogens is 2. The number of ether oxygens (including phenoxy) is 3. The molecule has 4 saturated carbocycles. The van der Waals surface area contributed by atoms with Crippen molar-refractivity contribution >= 4 is 39.9 Å². The van der Waals surface area contributed by atoms with Gasteiger partial charge in [-0.3, -0.25) is 4.98 Å². The molecule has 4 aromatic rings. The fraction of sp³-hybridized carbons (Fsp3) is 0.444. The number of hydrogen-bond acceptors (Lipinski definition) is 8. The van der Waals surface area contributed by atoms with Gasteiger partial charge in [-0.1, -0.05) is 40.2 Å². The zero-order chi connectivity index (χ0) is 32.6. The molecule has 1 N–H and O–H groups in total. The molecule has 244 valence electrons. The number of carbonyl (C=O) groups is 1. The number of rotatable bonds is 11. The quantitative estimate of drug-likeness (QED) is 0.124. The van der Waals surface area contributed by atoms with Crippen molar-refractivity contribution in [3.8, 4) is 29.0 Å². The van der Waals surface area contributed by atoms with Crippen LogP contribution in [0.5, 0.6) is 5.88 Å². The van der Waals surface area contributed by atoms with Gasteiger partial charge in [-0.25, -0.2) is 9.78 Å². The van der Waals surface area contributed by atoms with E-state index in [9.17, 15) is 9.90 Å². The maximum atomic E-state index is 11.8. The van der Waals surface area contributed by atoms with Crippen LogP contribution in [0, 0.1) is 17.3 Å². The molecule has 3 heterocycles. The summed E-state index contributed by atoms with van der Waals surface area (Å²) in [5, 5.41) is 16.4. The number of benzene rings is 1. The normalized spacial score (nSPS) is 21.9. The molecule has 0 spiro atoms. The van der Waals surface area contributed by atoms with Crippen molar-refractivity contribution in [1.29, 1.82) is 0 Å². The molecule has 9 nitrogen and oxygen atoms in total. The minimum atomic E-state index is -1.10. The fourth-order valence-electron chi connectivity index (χ4n) is 6.84. The minimum absolute atomic E-state index is 0.0617. The molecule has 0 saturated heterocycles. The third-order valence-corrected chi connectivity index (χ3v) is 10.3. The molecule has 0 unspecified atom stereocenters. The topological polar surface area (TPSA) is 117 Å². The molecular formula is C36H35Cl2N3O6. The van der Waals surface area contributed by atoms with Crippen LogP contribution in [0.2, 0.25) is 10.0 Å². The first kappa shape index (κ1) is 31.9. The van der Waals surface area contributed by atoms with E-state index in [4.69, 9.17) is 41.9 Å². The number of aromatic carboxylic acids is 1. The maximum absolute atomic E-state index is 11.8. The smallest absolute Gasteiger partial charge is 0.354 e. The number of carboxylic acids is 1. The van der Waals surface area contributed by atoms with E-state index >= 15 is 0 Å². The molecule has 11 heteroatoms. The molecule has 8 rings (SSSR count). The van der Waals surface area contributed by atoms with Crippen LogP contribution >= 0.6 is 23.2 Å². The molecule has 4 fully saturated rings. The molecule has 0 amide bonds. The summed E-state index contributed by atoms with van der Waals surface area (Å²) in [6.45, 7) is 1.32. The molecule has 0 aliphatic heterocycles. The van der Waals surface area contributed by atoms with E-state index < -0.39 is 5.97 Å². The molecule has 2 bridgehead atoms. The summed E-state index contributed by atoms with van der Waals surface area (Å²) in [4.78, 5) is 20.1. The van der Waals surface area contributed by atoms with Gasteiger partial charge in [0.1, 0.15) is 11.5 Å². The highest BCUT2D eigenvalue weighted by atomic mass is 35.5. The van der Waals surface area contributed by atoms with Crippen LogP contribution in [0.3, 0.4) is 0 Å². The van der Waals surface area contributed by atoms with Crippen LogP contribution in [-0.4, -0.2) is 52.1 Å². The predicted octanol–water partition coefficient (Wildman–Crippen LogP) is 8.24. The largest absolute Gasteiger partial charge is 0.477 e. The highest BCUT2D eigenvalue weighted by molar-refractivity contribution is 6.38. The van der Waals surface area contributed by atoms with E-state index in [2.05, 4.69) is 27.0 Å². The highest BCUT2D eigenvalue weighted by Crippen LogP contribution is 2.54. The minimum Gasteiger partial charge on any atom is -0.477 e. The van der Waals surface area contributed by atoms with Crippen LogP contribution in [0.1, 0.15) is 91.1 Å². The van der Waals surface area contributed by atoms with Crippen molar-refractivity contribution in [2.24, 2.45) is 5.41 Å². The molecule has 3 aromatic heterocycles. The lowest BCUT2D eigenvalue weighted by Crippen LogP contribution is -2.47. The van der Waals surface area contributed by atoms with Crippen LogP contribution < -0.4 is 4.74 Å². The first-order chi connectivity index (χ1) is 22.8. The summed E-state index contributed by atoms with van der Waals surface area (Å²) in [5.74, 6) is 7.47. The van der Waals surface area contributed by atoms with Crippen molar-refractivity contribution < 1.29 is 28.6 Å². The number of nitrogens with zero attached hydrogens (tertiary/aromatic N) is 3. The van der Waals surface area contributed by atoms with Gasteiger partial charge in [0.2, 0.25) is 5.88 Å². The summed E-state index contributed by atoms with van der Waals surface area (Å²) in [7, 11) is 1.63. The Morgan fingerprint density at radius 1 is 1.06 bits per heavy atom. The average Bonchev–Trinajstić information content (AvgIpc) is 3.85. The van der Waals surface area contributed by atoms with Crippen LogP contribution in [0.15, 0.2) is 41.2 Å². The Morgan fingerprint density at radius 3 is 2.49 bits per heavy atom. The summed E-state index contributed by atoms with van der Waals surface area (Å²) in [5.41, 5.74) is 2.69. The van der Waals surface area contributed by atoms with Crippen molar-refractivity contribution in [3.63, 3.8) is 0 Å². The summed E-state index contributed by atoms with van der Waals surface area (Å²) in [6.07, 6.45) is 11.6. The molecule has 4 aliphatic carbocycles.